The molecular formula is C19H16FeO2. The van der Waals surface area contributed by atoms with Crippen molar-refractivity contribution >= 4 is 11.9 Å². The molecule has 2 nitrogen and oxygen atoms in total. The van der Waals surface area contributed by atoms with Crippen LogP contribution in [0.25, 0.3) is 6.08 Å². The van der Waals surface area contributed by atoms with Gasteiger partial charge in [-0.2, -0.15) is 30.3 Å². The first kappa shape index (κ1) is 17.7. The maximum absolute atomic E-state index is 11.7. The first-order chi connectivity index (χ1) is 10.3. The van der Waals surface area contributed by atoms with Gasteiger partial charge in [0.05, 0.1) is 0 Å². The third kappa shape index (κ3) is 5.96. The fraction of sp³-hybridized carbons (Fsp3) is 0. The van der Waals surface area contributed by atoms with E-state index in [4.69, 9.17) is 5.11 Å². The summed E-state index contributed by atoms with van der Waals surface area (Å²) in [5.41, 5.74) is 1.58. The van der Waals surface area contributed by atoms with Crippen molar-refractivity contribution in [2.75, 3.05) is 0 Å². The predicted molar refractivity (Wildman–Crippen MR) is 85.5 cm³/mol. The number of phenolic OH excluding ortho intramolecular Hbond substituents is 1. The van der Waals surface area contributed by atoms with Crippen LogP contribution in [-0.4, -0.2) is 10.9 Å². The second-order valence-corrected chi connectivity index (χ2v) is 4.42. The number of aromatic hydroxyl groups is 1. The van der Waals surface area contributed by atoms with E-state index in [1.165, 1.54) is 18.2 Å². The minimum absolute atomic E-state index is 0. The Morgan fingerprint density at radius 2 is 1.59 bits per heavy atom. The van der Waals surface area contributed by atoms with Crippen molar-refractivity contribution < 1.29 is 27.0 Å². The molecular weight excluding hydrogens is 316 g/mol. The van der Waals surface area contributed by atoms with E-state index < -0.39 is 0 Å². The SMILES string of the molecule is O=C(C=C[c-]1cccc1)c1ccc(O)cc1.[Fe+2].c1cc[cH-]c1. The van der Waals surface area contributed by atoms with Gasteiger partial charge < -0.3 is 9.90 Å². The van der Waals surface area contributed by atoms with E-state index >= 15 is 0 Å². The van der Waals surface area contributed by atoms with Crippen LogP contribution in [0.15, 0.2) is 84.9 Å². The minimum atomic E-state index is -0.0683. The molecule has 3 aromatic rings. The van der Waals surface area contributed by atoms with E-state index in [0.717, 1.165) is 5.56 Å². The minimum Gasteiger partial charge on any atom is -0.508 e. The maximum Gasteiger partial charge on any atom is 2.00 e. The van der Waals surface area contributed by atoms with Crippen LogP contribution in [0.1, 0.15) is 15.9 Å². The molecule has 0 amide bonds. The number of rotatable bonds is 3. The van der Waals surface area contributed by atoms with Crippen molar-refractivity contribution in [3.05, 3.63) is 96.1 Å². The number of carbonyl (C=O) groups excluding carboxylic acids is 1. The number of allylic oxidation sites excluding steroid dienone is 1. The van der Waals surface area contributed by atoms with Crippen LogP contribution >= 0.6 is 0 Å². The first-order valence-corrected chi connectivity index (χ1v) is 6.65. The van der Waals surface area contributed by atoms with Crippen molar-refractivity contribution in [1.29, 1.82) is 0 Å². The molecule has 0 spiro atoms. The van der Waals surface area contributed by atoms with Gasteiger partial charge in [-0.25, -0.2) is 12.1 Å². The molecule has 3 aromatic carbocycles. The Morgan fingerprint density at radius 1 is 1.00 bits per heavy atom. The molecule has 1 N–H and O–H groups in total. The molecule has 0 saturated carbocycles. The van der Waals surface area contributed by atoms with E-state index in [1.807, 2.05) is 54.6 Å². The summed E-state index contributed by atoms with van der Waals surface area (Å²) in [6.07, 6.45) is 3.30. The van der Waals surface area contributed by atoms with E-state index in [2.05, 4.69) is 0 Å². The van der Waals surface area contributed by atoms with Gasteiger partial charge in [0.2, 0.25) is 0 Å². The molecule has 0 aromatic heterocycles. The van der Waals surface area contributed by atoms with Crippen molar-refractivity contribution in [2.24, 2.45) is 0 Å². The summed E-state index contributed by atoms with van der Waals surface area (Å²) in [6.45, 7) is 0. The van der Waals surface area contributed by atoms with Gasteiger partial charge in [-0.15, -0.1) is 23.8 Å². The molecule has 3 heteroatoms. The van der Waals surface area contributed by atoms with Gasteiger partial charge >= 0.3 is 17.1 Å². The summed E-state index contributed by atoms with van der Waals surface area (Å²) in [7, 11) is 0. The van der Waals surface area contributed by atoms with Gasteiger partial charge in [-0.1, -0.05) is 6.08 Å². The van der Waals surface area contributed by atoms with E-state index in [9.17, 15) is 4.79 Å². The number of phenols is 1. The first-order valence-electron chi connectivity index (χ1n) is 6.65. The quantitative estimate of drug-likeness (QED) is 0.334. The van der Waals surface area contributed by atoms with Crippen LogP contribution in [0.3, 0.4) is 0 Å². The number of ketones is 1. The molecule has 0 aliphatic heterocycles. The van der Waals surface area contributed by atoms with Crippen molar-refractivity contribution in [2.45, 2.75) is 0 Å². The van der Waals surface area contributed by atoms with Gasteiger partial charge in [-0.3, -0.25) is 0 Å². The molecule has 22 heavy (non-hydrogen) atoms. The third-order valence-electron chi connectivity index (χ3n) is 2.82. The zero-order valence-electron chi connectivity index (χ0n) is 11.9. The number of hydrogen-bond donors (Lipinski definition) is 1. The molecule has 3 rings (SSSR count). The Hall–Kier alpha value is -2.35. The second kappa shape index (κ2) is 9.56. The Morgan fingerprint density at radius 3 is 2.09 bits per heavy atom. The van der Waals surface area contributed by atoms with Crippen LogP contribution in [0, 0.1) is 0 Å². The predicted octanol–water partition coefficient (Wildman–Crippen LogP) is 4.41. The average molecular weight is 332 g/mol. The Kier molecular flexibility index (Phi) is 7.69. The molecule has 0 saturated heterocycles. The average Bonchev–Trinajstić information content (AvgIpc) is 3.21. The number of benzene rings is 1. The summed E-state index contributed by atoms with van der Waals surface area (Å²) in [6, 6.07) is 23.9. The largest absolute Gasteiger partial charge is 2.00 e. The second-order valence-electron chi connectivity index (χ2n) is 4.42. The Balaban J connectivity index is 0.000000344. The molecule has 0 aliphatic rings. The van der Waals surface area contributed by atoms with E-state index in [1.54, 1.807) is 18.2 Å². The molecule has 0 bridgehead atoms. The zero-order valence-corrected chi connectivity index (χ0v) is 13.0. The standard InChI is InChI=1S/C14H11O2.C5H5.Fe/c15-13-8-6-12(7-9-13)14(16)10-5-11-3-1-2-4-11;1-2-4-5-3-1;/h1-10,15H;1-5H;/q2*-1;+2. The Bertz CT molecular complexity index is 646. The van der Waals surface area contributed by atoms with Crippen LogP contribution < -0.4 is 0 Å². The molecule has 0 heterocycles. The normalized spacial score (nSPS) is 9.64. The molecule has 0 fully saturated rings. The molecule has 112 valence electrons. The molecule has 0 aliphatic carbocycles. The summed E-state index contributed by atoms with van der Waals surface area (Å²) < 4.78 is 0. The smallest absolute Gasteiger partial charge is 0.508 e. The van der Waals surface area contributed by atoms with Gasteiger partial charge in [0.25, 0.3) is 0 Å². The van der Waals surface area contributed by atoms with Crippen molar-refractivity contribution in [3.63, 3.8) is 0 Å². The summed E-state index contributed by atoms with van der Waals surface area (Å²) in [4.78, 5) is 11.7. The van der Waals surface area contributed by atoms with Gasteiger partial charge in [0.1, 0.15) is 11.5 Å². The topological polar surface area (TPSA) is 37.3 Å². The van der Waals surface area contributed by atoms with Crippen LogP contribution in [0.5, 0.6) is 5.75 Å². The fourth-order valence-electron chi connectivity index (χ4n) is 1.71. The van der Waals surface area contributed by atoms with E-state index in [0.29, 0.717) is 5.56 Å². The molecule has 0 radical (unpaired) electrons. The fourth-order valence-corrected chi connectivity index (χ4v) is 1.71. The van der Waals surface area contributed by atoms with E-state index in [-0.39, 0.29) is 28.6 Å². The van der Waals surface area contributed by atoms with Gasteiger partial charge in [-0.05, 0) is 24.3 Å². The number of hydrogen-bond acceptors (Lipinski definition) is 2. The molecule has 0 atom stereocenters. The monoisotopic (exact) mass is 332 g/mol. The van der Waals surface area contributed by atoms with Crippen LogP contribution in [0.2, 0.25) is 0 Å². The summed E-state index contributed by atoms with van der Waals surface area (Å²) in [5.74, 6) is 0.0952. The Labute approximate surface area is 140 Å². The van der Waals surface area contributed by atoms with Crippen LogP contribution in [-0.2, 0) is 17.1 Å². The zero-order chi connectivity index (χ0) is 14.9. The summed E-state index contributed by atoms with van der Waals surface area (Å²) in [5, 5.41) is 9.09. The maximum atomic E-state index is 11.7. The van der Waals surface area contributed by atoms with Gasteiger partial charge in [0.15, 0.2) is 0 Å². The number of carbonyl (C=O) groups is 1. The van der Waals surface area contributed by atoms with Crippen LogP contribution in [0.4, 0.5) is 0 Å². The third-order valence-corrected chi connectivity index (χ3v) is 2.82. The summed E-state index contributed by atoms with van der Waals surface area (Å²) >= 11 is 0. The van der Waals surface area contributed by atoms with Crippen molar-refractivity contribution in [3.8, 4) is 5.75 Å². The molecule has 0 unspecified atom stereocenters. The van der Waals surface area contributed by atoms with Crippen molar-refractivity contribution in [1.82, 2.24) is 0 Å². The van der Waals surface area contributed by atoms with Gasteiger partial charge in [0, 0.05) is 5.56 Å².